The Labute approximate surface area is 179 Å². The fraction of sp³-hybridized carbons (Fsp3) is 0.583. The van der Waals surface area contributed by atoms with Crippen LogP contribution in [0.3, 0.4) is 0 Å². The molecule has 2 saturated carbocycles. The zero-order valence-corrected chi connectivity index (χ0v) is 18.3. The minimum atomic E-state index is -0.280. The Balaban J connectivity index is 1.39. The minimum absolute atomic E-state index is 0.201. The zero-order valence-electron chi connectivity index (χ0n) is 18.3. The van der Waals surface area contributed by atoms with Gasteiger partial charge in [0.2, 0.25) is 0 Å². The van der Waals surface area contributed by atoms with Gasteiger partial charge in [-0.05, 0) is 69.1 Å². The lowest BCUT2D eigenvalue weighted by Crippen LogP contribution is -2.36. The molecule has 1 aromatic heterocycles. The smallest absolute Gasteiger partial charge is 0.410 e. The largest absolute Gasteiger partial charge is 0.490 e. The Bertz CT molecular complexity index is 851. The van der Waals surface area contributed by atoms with Crippen molar-refractivity contribution in [3.05, 3.63) is 36.2 Å². The second-order valence-electron chi connectivity index (χ2n) is 8.77. The lowest BCUT2D eigenvalue weighted by Gasteiger charge is -2.24. The highest BCUT2D eigenvalue weighted by Crippen LogP contribution is 2.35. The molecule has 2 aliphatic rings. The Kier molecular flexibility index (Phi) is 6.30. The van der Waals surface area contributed by atoms with E-state index in [2.05, 4.69) is 24.2 Å². The lowest BCUT2D eigenvalue weighted by molar-refractivity contribution is 0.0883. The predicted octanol–water partition coefficient (Wildman–Crippen LogP) is 5.17. The lowest BCUT2D eigenvalue weighted by atomic mass is 9.98. The number of hydrogen-bond donors (Lipinski definition) is 0. The third-order valence-electron chi connectivity index (χ3n) is 6.62. The van der Waals surface area contributed by atoms with Crippen molar-refractivity contribution in [1.29, 1.82) is 0 Å². The van der Waals surface area contributed by atoms with E-state index in [1.54, 1.807) is 9.58 Å². The molecule has 0 radical (unpaired) electrons. The molecule has 6 nitrogen and oxygen atoms in total. The van der Waals surface area contributed by atoms with Crippen LogP contribution >= 0.6 is 0 Å². The molecule has 6 heteroatoms. The van der Waals surface area contributed by atoms with Crippen LogP contribution in [-0.4, -0.2) is 40.0 Å². The molecule has 1 aromatic carbocycles. The molecule has 1 atom stereocenters. The monoisotopic (exact) mass is 411 g/mol. The van der Waals surface area contributed by atoms with Crippen LogP contribution in [0.5, 0.6) is 5.75 Å². The van der Waals surface area contributed by atoms with Crippen LogP contribution < -0.4 is 4.74 Å². The summed E-state index contributed by atoms with van der Waals surface area (Å²) in [6.07, 6.45) is 10.4. The molecule has 0 N–H and O–H groups in total. The molecule has 162 valence electrons. The molecular weight excluding hydrogens is 378 g/mol. The minimum Gasteiger partial charge on any atom is -0.490 e. The Hall–Kier alpha value is -2.50. The van der Waals surface area contributed by atoms with Gasteiger partial charge in [-0.3, -0.25) is 4.68 Å². The summed E-state index contributed by atoms with van der Waals surface area (Å²) in [5, 5.41) is 4.39. The molecule has 1 amide bonds. The summed E-state index contributed by atoms with van der Waals surface area (Å²) in [6, 6.07) is 8.39. The van der Waals surface area contributed by atoms with Crippen molar-refractivity contribution in [2.24, 2.45) is 13.0 Å². The average molecular weight is 412 g/mol. The Morgan fingerprint density at radius 1 is 1.17 bits per heavy atom. The van der Waals surface area contributed by atoms with Gasteiger partial charge in [-0.15, -0.1) is 0 Å². The SMILES string of the molecule is C[C@@H](C1CC1)N(C)C(=O)OCc1c(-c2ccc(OC3CCCCC3)cc2)cnn1C. The highest BCUT2D eigenvalue weighted by atomic mass is 16.6. The van der Waals surface area contributed by atoms with E-state index < -0.39 is 0 Å². The summed E-state index contributed by atoms with van der Waals surface area (Å²) in [7, 11) is 3.70. The van der Waals surface area contributed by atoms with E-state index in [0.717, 1.165) is 35.4 Å². The number of hydrogen-bond acceptors (Lipinski definition) is 4. The highest BCUT2D eigenvalue weighted by molar-refractivity contribution is 5.69. The van der Waals surface area contributed by atoms with Crippen LogP contribution in [0.15, 0.2) is 30.5 Å². The maximum absolute atomic E-state index is 12.5. The van der Waals surface area contributed by atoms with Gasteiger partial charge < -0.3 is 14.4 Å². The van der Waals surface area contributed by atoms with Crippen molar-refractivity contribution >= 4 is 6.09 Å². The normalized spacial score (nSPS) is 18.1. The van der Waals surface area contributed by atoms with Crippen LogP contribution in [0.25, 0.3) is 11.1 Å². The van der Waals surface area contributed by atoms with Gasteiger partial charge in [0.1, 0.15) is 12.4 Å². The quantitative estimate of drug-likeness (QED) is 0.631. The highest BCUT2D eigenvalue weighted by Gasteiger charge is 2.33. The number of ether oxygens (including phenoxy) is 2. The van der Waals surface area contributed by atoms with E-state index >= 15 is 0 Å². The van der Waals surface area contributed by atoms with Gasteiger partial charge >= 0.3 is 6.09 Å². The summed E-state index contributed by atoms with van der Waals surface area (Å²) >= 11 is 0. The summed E-state index contributed by atoms with van der Waals surface area (Å²) in [4.78, 5) is 14.2. The molecule has 0 saturated heterocycles. The van der Waals surface area contributed by atoms with Crippen molar-refractivity contribution in [2.75, 3.05) is 7.05 Å². The number of nitrogens with zero attached hydrogens (tertiary/aromatic N) is 3. The van der Waals surface area contributed by atoms with Gasteiger partial charge in [0.05, 0.1) is 18.0 Å². The second kappa shape index (κ2) is 9.11. The number of rotatable bonds is 7. The second-order valence-corrected chi connectivity index (χ2v) is 8.77. The summed E-state index contributed by atoms with van der Waals surface area (Å²) in [6.45, 7) is 2.29. The molecule has 4 rings (SSSR count). The summed E-state index contributed by atoms with van der Waals surface area (Å²) in [5.41, 5.74) is 2.91. The first kappa shape index (κ1) is 20.8. The van der Waals surface area contributed by atoms with Crippen LogP contribution in [0.4, 0.5) is 4.79 Å². The van der Waals surface area contributed by atoms with E-state index in [9.17, 15) is 4.79 Å². The van der Waals surface area contributed by atoms with Crippen molar-refractivity contribution in [3.63, 3.8) is 0 Å². The predicted molar refractivity (Wildman–Crippen MR) is 116 cm³/mol. The van der Waals surface area contributed by atoms with E-state index in [1.165, 1.54) is 32.1 Å². The summed E-state index contributed by atoms with van der Waals surface area (Å²) in [5.74, 6) is 1.53. The first-order valence-corrected chi connectivity index (χ1v) is 11.2. The number of carbonyl (C=O) groups is 1. The third-order valence-corrected chi connectivity index (χ3v) is 6.62. The number of aryl methyl sites for hydroxylation is 1. The molecule has 0 aliphatic heterocycles. The zero-order chi connectivity index (χ0) is 21.1. The van der Waals surface area contributed by atoms with Gasteiger partial charge in [-0.2, -0.15) is 5.10 Å². The van der Waals surface area contributed by atoms with Gasteiger partial charge in [0, 0.05) is 25.7 Å². The molecule has 0 spiro atoms. The fourth-order valence-electron chi connectivity index (χ4n) is 4.26. The topological polar surface area (TPSA) is 56.6 Å². The molecule has 0 bridgehead atoms. The Morgan fingerprint density at radius 3 is 2.53 bits per heavy atom. The molecule has 0 unspecified atom stereocenters. The van der Waals surface area contributed by atoms with E-state index in [1.807, 2.05) is 32.4 Å². The number of benzene rings is 1. The fourth-order valence-corrected chi connectivity index (χ4v) is 4.26. The first-order chi connectivity index (χ1) is 14.5. The van der Waals surface area contributed by atoms with Crippen molar-refractivity contribution < 1.29 is 14.3 Å². The van der Waals surface area contributed by atoms with Gasteiger partial charge in [0.25, 0.3) is 0 Å². The van der Waals surface area contributed by atoms with Gasteiger partial charge in [-0.25, -0.2) is 4.79 Å². The molecule has 30 heavy (non-hydrogen) atoms. The van der Waals surface area contributed by atoms with Crippen molar-refractivity contribution in [1.82, 2.24) is 14.7 Å². The van der Waals surface area contributed by atoms with Crippen molar-refractivity contribution in [3.8, 4) is 16.9 Å². The van der Waals surface area contributed by atoms with E-state index in [0.29, 0.717) is 12.0 Å². The molecule has 2 aliphatic carbocycles. The van der Waals surface area contributed by atoms with Gasteiger partial charge in [0.15, 0.2) is 0 Å². The average Bonchev–Trinajstić information content (AvgIpc) is 3.55. The number of amides is 1. The maximum Gasteiger partial charge on any atom is 0.410 e. The van der Waals surface area contributed by atoms with E-state index in [-0.39, 0.29) is 18.7 Å². The first-order valence-electron chi connectivity index (χ1n) is 11.2. The molecule has 2 fully saturated rings. The molecular formula is C24H33N3O3. The molecule has 2 aromatic rings. The molecule has 1 heterocycles. The maximum atomic E-state index is 12.5. The third kappa shape index (κ3) is 4.79. The van der Waals surface area contributed by atoms with Crippen molar-refractivity contribution in [2.45, 2.75) is 70.6 Å². The Morgan fingerprint density at radius 2 is 1.87 bits per heavy atom. The van der Waals surface area contributed by atoms with Crippen LogP contribution in [-0.2, 0) is 18.4 Å². The van der Waals surface area contributed by atoms with Crippen LogP contribution in [0, 0.1) is 5.92 Å². The van der Waals surface area contributed by atoms with Gasteiger partial charge in [-0.1, -0.05) is 18.6 Å². The van der Waals surface area contributed by atoms with Crippen LogP contribution in [0.2, 0.25) is 0 Å². The summed E-state index contributed by atoms with van der Waals surface area (Å²) < 4.78 is 13.5. The van der Waals surface area contributed by atoms with E-state index in [4.69, 9.17) is 9.47 Å². The number of aromatic nitrogens is 2. The number of carbonyl (C=O) groups excluding carboxylic acids is 1. The van der Waals surface area contributed by atoms with Crippen LogP contribution in [0.1, 0.15) is 57.6 Å². The standard InChI is InChI=1S/C24H33N3O3/c1-17(18-9-10-18)26(2)24(28)29-16-23-22(15-25-27(23)3)19-11-13-21(14-12-19)30-20-7-5-4-6-8-20/h11-15,17-18,20H,4-10,16H2,1-3H3/t17-/m0/s1.